The Kier molecular flexibility index (Phi) is 6.36. The Balaban J connectivity index is 2.58. The summed E-state index contributed by atoms with van der Waals surface area (Å²) < 4.78 is 0. The van der Waals surface area contributed by atoms with Crippen LogP contribution in [-0.2, 0) is 0 Å². The maximum Gasteiger partial charge on any atom is 0.255 e. The number of aromatic hydroxyl groups is 1. The normalized spacial score (nSPS) is 12.2. The van der Waals surface area contributed by atoms with Crippen LogP contribution in [-0.4, -0.2) is 24.1 Å². The zero-order chi connectivity index (χ0) is 14.3. The van der Waals surface area contributed by atoms with Gasteiger partial charge in [0.05, 0.1) is 5.56 Å². The van der Waals surface area contributed by atoms with Crippen LogP contribution in [0.5, 0.6) is 5.75 Å². The second-order valence-corrected chi connectivity index (χ2v) is 4.96. The molecule has 0 bridgehead atoms. The summed E-state index contributed by atoms with van der Waals surface area (Å²) in [7, 11) is 0. The topological polar surface area (TPSA) is 75.3 Å². The van der Waals surface area contributed by atoms with Crippen molar-refractivity contribution in [1.29, 1.82) is 0 Å². The largest absolute Gasteiger partial charge is 0.507 e. The Hall–Kier alpha value is -1.55. The number of rotatable bonds is 7. The van der Waals surface area contributed by atoms with E-state index in [1.165, 1.54) is 0 Å². The van der Waals surface area contributed by atoms with Crippen LogP contribution in [0, 0.1) is 12.8 Å². The monoisotopic (exact) mass is 264 g/mol. The third-order valence-electron chi connectivity index (χ3n) is 3.22. The standard InChI is InChI=1S/C15H24N2O2/c1-3-4-12(7-8-16)10-17-15(19)13-6-5-11(2)9-14(13)18/h5-6,9,12,18H,3-4,7-8,10,16H2,1-2H3,(H,17,19). The third kappa shape index (κ3) is 4.91. The number of amides is 1. The summed E-state index contributed by atoms with van der Waals surface area (Å²) in [5.41, 5.74) is 6.82. The molecule has 106 valence electrons. The molecular formula is C15H24N2O2. The summed E-state index contributed by atoms with van der Waals surface area (Å²) in [6.07, 6.45) is 3.04. The van der Waals surface area contributed by atoms with Gasteiger partial charge in [-0.05, 0) is 49.9 Å². The maximum absolute atomic E-state index is 12.0. The molecule has 0 spiro atoms. The first kappa shape index (κ1) is 15.5. The number of aryl methyl sites for hydroxylation is 1. The summed E-state index contributed by atoms with van der Waals surface area (Å²) in [4.78, 5) is 12.0. The van der Waals surface area contributed by atoms with Crippen molar-refractivity contribution in [2.45, 2.75) is 33.1 Å². The number of carbonyl (C=O) groups excluding carboxylic acids is 1. The molecule has 0 fully saturated rings. The van der Waals surface area contributed by atoms with E-state index in [1.54, 1.807) is 12.1 Å². The molecule has 0 saturated carbocycles. The fourth-order valence-electron chi connectivity index (χ4n) is 2.16. The van der Waals surface area contributed by atoms with E-state index in [1.807, 2.05) is 13.0 Å². The van der Waals surface area contributed by atoms with Gasteiger partial charge in [0, 0.05) is 6.54 Å². The highest BCUT2D eigenvalue weighted by atomic mass is 16.3. The Morgan fingerprint density at radius 1 is 1.42 bits per heavy atom. The van der Waals surface area contributed by atoms with E-state index in [0.717, 1.165) is 24.8 Å². The van der Waals surface area contributed by atoms with Gasteiger partial charge >= 0.3 is 0 Å². The predicted octanol–water partition coefficient (Wildman–Crippen LogP) is 2.20. The number of benzene rings is 1. The molecule has 0 aliphatic heterocycles. The lowest BCUT2D eigenvalue weighted by molar-refractivity contribution is 0.0943. The second-order valence-electron chi connectivity index (χ2n) is 4.96. The van der Waals surface area contributed by atoms with Gasteiger partial charge in [-0.15, -0.1) is 0 Å². The van der Waals surface area contributed by atoms with Crippen molar-refractivity contribution in [2.24, 2.45) is 11.7 Å². The number of nitrogens with one attached hydrogen (secondary N) is 1. The van der Waals surface area contributed by atoms with E-state index in [0.29, 0.717) is 24.6 Å². The molecule has 4 heteroatoms. The third-order valence-corrected chi connectivity index (χ3v) is 3.22. The number of carbonyl (C=O) groups is 1. The first-order valence-electron chi connectivity index (χ1n) is 6.86. The molecule has 0 radical (unpaired) electrons. The minimum absolute atomic E-state index is 0.0309. The van der Waals surface area contributed by atoms with Crippen LogP contribution in [0.15, 0.2) is 18.2 Å². The van der Waals surface area contributed by atoms with Gasteiger partial charge in [0.1, 0.15) is 5.75 Å². The SMILES string of the molecule is CCCC(CCN)CNC(=O)c1ccc(C)cc1O. The highest BCUT2D eigenvalue weighted by molar-refractivity contribution is 5.96. The molecule has 4 N–H and O–H groups in total. The Morgan fingerprint density at radius 3 is 2.74 bits per heavy atom. The number of hydrogen-bond donors (Lipinski definition) is 3. The van der Waals surface area contributed by atoms with Gasteiger partial charge in [-0.25, -0.2) is 0 Å². The molecule has 0 saturated heterocycles. The van der Waals surface area contributed by atoms with Gasteiger partial charge < -0.3 is 16.2 Å². The van der Waals surface area contributed by atoms with Crippen molar-refractivity contribution in [3.8, 4) is 5.75 Å². The molecule has 1 rings (SSSR count). The first-order valence-corrected chi connectivity index (χ1v) is 6.86. The molecule has 1 atom stereocenters. The van der Waals surface area contributed by atoms with Crippen molar-refractivity contribution in [3.05, 3.63) is 29.3 Å². The summed E-state index contributed by atoms with van der Waals surface area (Å²) in [5, 5.41) is 12.6. The molecule has 4 nitrogen and oxygen atoms in total. The minimum atomic E-state index is -0.226. The predicted molar refractivity (Wildman–Crippen MR) is 77.2 cm³/mol. The molecule has 1 aromatic rings. The summed E-state index contributed by atoms with van der Waals surface area (Å²) >= 11 is 0. The van der Waals surface area contributed by atoms with Crippen molar-refractivity contribution in [2.75, 3.05) is 13.1 Å². The highest BCUT2D eigenvalue weighted by Crippen LogP contribution is 2.18. The van der Waals surface area contributed by atoms with E-state index < -0.39 is 0 Å². The quantitative estimate of drug-likeness (QED) is 0.706. The van der Waals surface area contributed by atoms with E-state index in [-0.39, 0.29) is 11.7 Å². The van der Waals surface area contributed by atoms with Crippen LogP contribution in [0.2, 0.25) is 0 Å². The van der Waals surface area contributed by atoms with Gasteiger partial charge in [-0.1, -0.05) is 19.4 Å². The van der Waals surface area contributed by atoms with E-state index >= 15 is 0 Å². The Morgan fingerprint density at radius 2 is 2.16 bits per heavy atom. The molecule has 0 aliphatic carbocycles. The molecule has 19 heavy (non-hydrogen) atoms. The molecule has 0 aromatic heterocycles. The van der Waals surface area contributed by atoms with Crippen LogP contribution in [0.3, 0.4) is 0 Å². The summed E-state index contributed by atoms with van der Waals surface area (Å²) in [6, 6.07) is 5.06. The first-order chi connectivity index (χ1) is 9.08. The molecule has 1 amide bonds. The van der Waals surface area contributed by atoms with Crippen LogP contribution in [0.1, 0.15) is 42.1 Å². The lowest BCUT2D eigenvalue weighted by atomic mass is 9.99. The fourth-order valence-corrected chi connectivity index (χ4v) is 2.16. The van der Waals surface area contributed by atoms with Gasteiger partial charge in [0.2, 0.25) is 0 Å². The minimum Gasteiger partial charge on any atom is -0.507 e. The summed E-state index contributed by atoms with van der Waals surface area (Å²) in [5.74, 6) is 0.213. The summed E-state index contributed by atoms with van der Waals surface area (Å²) in [6.45, 7) is 5.24. The maximum atomic E-state index is 12.0. The molecular weight excluding hydrogens is 240 g/mol. The Labute approximate surface area is 115 Å². The number of hydrogen-bond acceptors (Lipinski definition) is 3. The van der Waals surface area contributed by atoms with Crippen molar-refractivity contribution >= 4 is 5.91 Å². The molecule has 0 aliphatic rings. The van der Waals surface area contributed by atoms with E-state index in [9.17, 15) is 9.90 Å². The van der Waals surface area contributed by atoms with Crippen molar-refractivity contribution in [1.82, 2.24) is 5.32 Å². The lowest BCUT2D eigenvalue weighted by Gasteiger charge is -2.16. The van der Waals surface area contributed by atoms with Crippen molar-refractivity contribution in [3.63, 3.8) is 0 Å². The average Bonchev–Trinajstić information content (AvgIpc) is 2.36. The highest BCUT2D eigenvalue weighted by Gasteiger charge is 2.13. The molecule has 1 aromatic carbocycles. The fraction of sp³-hybridized carbons (Fsp3) is 0.533. The molecule has 0 heterocycles. The molecule has 1 unspecified atom stereocenters. The second kappa shape index (κ2) is 7.79. The zero-order valence-electron chi connectivity index (χ0n) is 11.8. The number of phenolic OH excluding ortho intramolecular Hbond substituents is 1. The van der Waals surface area contributed by atoms with Crippen LogP contribution < -0.4 is 11.1 Å². The average molecular weight is 264 g/mol. The van der Waals surface area contributed by atoms with Crippen LogP contribution in [0.4, 0.5) is 0 Å². The number of nitrogens with two attached hydrogens (primary N) is 1. The van der Waals surface area contributed by atoms with Gasteiger partial charge in [0.25, 0.3) is 5.91 Å². The van der Waals surface area contributed by atoms with Gasteiger partial charge in [-0.3, -0.25) is 4.79 Å². The van der Waals surface area contributed by atoms with Gasteiger partial charge in [0.15, 0.2) is 0 Å². The van der Waals surface area contributed by atoms with Crippen LogP contribution in [0.25, 0.3) is 0 Å². The van der Waals surface area contributed by atoms with Gasteiger partial charge in [-0.2, -0.15) is 0 Å². The smallest absolute Gasteiger partial charge is 0.255 e. The lowest BCUT2D eigenvalue weighted by Crippen LogP contribution is -2.30. The van der Waals surface area contributed by atoms with E-state index in [2.05, 4.69) is 12.2 Å². The van der Waals surface area contributed by atoms with Crippen LogP contribution >= 0.6 is 0 Å². The Bertz CT molecular complexity index is 413. The number of phenols is 1. The van der Waals surface area contributed by atoms with Crippen molar-refractivity contribution < 1.29 is 9.90 Å². The zero-order valence-corrected chi connectivity index (χ0v) is 11.8. The van der Waals surface area contributed by atoms with E-state index in [4.69, 9.17) is 5.73 Å².